The van der Waals surface area contributed by atoms with E-state index in [2.05, 4.69) is 5.32 Å². The highest BCUT2D eigenvalue weighted by molar-refractivity contribution is 6.03. The number of anilines is 1. The third-order valence-electron chi connectivity index (χ3n) is 4.85. The number of benzene rings is 1. The van der Waals surface area contributed by atoms with E-state index in [9.17, 15) is 19.5 Å². The second-order valence-corrected chi connectivity index (χ2v) is 6.32. The number of carbonyl (C=O) groups excluding carboxylic acids is 2. The van der Waals surface area contributed by atoms with E-state index >= 15 is 0 Å². The molecule has 1 aliphatic carbocycles. The van der Waals surface area contributed by atoms with E-state index in [1.807, 2.05) is 24.3 Å². The fourth-order valence-corrected chi connectivity index (χ4v) is 3.67. The summed E-state index contributed by atoms with van der Waals surface area (Å²) < 4.78 is 0. The van der Waals surface area contributed by atoms with Gasteiger partial charge >= 0.3 is 5.97 Å². The molecule has 1 aliphatic heterocycles. The molecule has 122 valence electrons. The smallest absolute Gasteiger partial charge is 0.329 e. The van der Waals surface area contributed by atoms with Gasteiger partial charge in [0, 0.05) is 19.0 Å². The van der Waals surface area contributed by atoms with Gasteiger partial charge in [-0.05, 0) is 24.5 Å². The maximum Gasteiger partial charge on any atom is 0.329 e. The molecule has 2 N–H and O–H groups in total. The third kappa shape index (κ3) is 2.58. The van der Waals surface area contributed by atoms with Gasteiger partial charge in [0.1, 0.15) is 11.6 Å². The Bertz CT molecular complexity index is 664. The SMILES string of the molecule is CC(=O)N1c2ccccc2C[C@H]1C(=O)NC1(C(=O)O)CCCC1. The second kappa shape index (κ2) is 5.68. The van der Waals surface area contributed by atoms with Gasteiger partial charge in [0.25, 0.3) is 0 Å². The molecule has 0 bridgehead atoms. The number of carboxylic acids is 1. The van der Waals surface area contributed by atoms with Crippen molar-refractivity contribution in [2.24, 2.45) is 0 Å². The largest absolute Gasteiger partial charge is 0.480 e. The Morgan fingerprint density at radius 1 is 1.22 bits per heavy atom. The quantitative estimate of drug-likeness (QED) is 0.884. The fraction of sp³-hybridized carbons (Fsp3) is 0.471. The molecule has 1 aromatic carbocycles. The van der Waals surface area contributed by atoms with E-state index in [0.29, 0.717) is 19.3 Å². The Balaban J connectivity index is 1.85. The van der Waals surface area contributed by atoms with Crippen LogP contribution >= 0.6 is 0 Å². The first-order valence-corrected chi connectivity index (χ1v) is 7.88. The summed E-state index contributed by atoms with van der Waals surface area (Å²) in [6, 6.07) is 6.72. The highest BCUT2D eigenvalue weighted by atomic mass is 16.4. The van der Waals surface area contributed by atoms with E-state index in [4.69, 9.17) is 0 Å². The molecular weight excluding hydrogens is 296 g/mol. The van der Waals surface area contributed by atoms with Gasteiger partial charge in [-0.15, -0.1) is 0 Å². The number of hydrogen-bond acceptors (Lipinski definition) is 3. The maximum atomic E-state index is 12.7. The predicted octanol–water partition coefficient (Wildman–Crippen LogP) is 1.48. The molecular formula is C17H20N2O4. The molecule has 1 saturated carbocycles. The predicted molar refractivity (Wildman–Crippen MR) is 84.1 cm³/mol. The van der Waals surface area contributed by atoms with Crippen molar-refractivity contribution >= 4 is 23.5 Å². The van der Waals surface area contributed by atoms with Crippen LogP contribution in [-0.2, 0) is 20.8 Å². The van der Waals surface area contributed by atoms with E-state index in [1.54, 1.807) is 0 Å². The molecule has 23 heavy (non-hydrogen) atoms. The lowest BCUT2D eigenvalue weighted by Crippen LogP contribution is -2.58. The minimum absolute atomic E-state index is 0.217. The number of amides is 2. The van der Waals surface area contributed by atoms with Crippen LogP contribution in [0.4, 0.5) is 5.69 Å². The van der Waals surface area contributed by atoms with Crippen LogP contribution in [0.15, 0.2) is 24.3 Å². The summed E-state index contributed by atoms with van der Waals surface area (Å²) >= 11 is 0. The Morgan fingerprint density at radius 3 is 2.48 bits per heavy atom. The molecule has 2 amide bonds. The van der Waals surface area contributed by atoms with Crippen LogP contribution < -0.4 is 10.2 Å². The normalized spacial score (nSPS) is 21.8. The molecule has 0 saturated heterocycles. The molecule has 0 aromatic heterocycles. The number of hydrogen-bond donors (Lipinski definition) is 2. The molecule has 0 radical (unpaired) electrons. The number of nitrogens with zero attached hydrogens (tertiary/aromatic N) is 1. The summed E-state index contributed by atoms with van der Waals surface area (Å²) in [5, 5.41) is 12.2. The number of para-hydroxylation sites is 1. The van der Waals surface area contributed by atoms with Crippen LogP contribution in [0.5, 0.6) is 0 Å². The van der Waals surface area contributed by atoms with Gasteiger partial charge in [-0.25, -0.2) is 4.79 Å². The summed E-state index contributed by atoms with van der Waals surface area (Å²) in [7, 11) is 0. The Kier molecular flexibility index (Phi) is 3.83. The summed E-state index contributed by atoms with van der Waals surface area (Å²) in [5.74, 6) is -1.60. The number of rotatable bonds is 3. The highest BCUT2D eigenvalue weighted by Crippen LogP contribution is 2.34. The lowest BCUT2D eigenvalue weighted by molar-refractivity contribution is -0.147. The average molecular weight is 316 g/mol. The summed E-state index contributed by atoms with van der Waals surface area (Å²) in [6.07, 6.45) is 2.86. The van der Waals surface area contributed by atoms with Crippen LogP contribution in [-0.4, -0.2) is 34.5 Å². The first-order valence-electron chi connectivity index (χ1n) is 7.88. The molecule has 6 heteroatoms. The van der Waals surface area contributed by atoms with Gasteiger partial charge in [0.15, 0.2) is 0 Å². The molecule has 1 fully saturated rings. The number of carboxylic acid groups (broad SMARTS) is 1. The van der Waals surface area contributed by atoms with Crippen molar-refractivity contribution in [3.8, 4) is 0 Å². The first-order chi connectivity index (χ1) is 10.9. The monoisotopic (exact) mass is 316 g/mol. The molecule has 1 heterocycles. The third-order valence-corrected chi connectivity index (χ3v) is 4.85. The zero-order valence-corrected chi connectivity index (χ0v) is 13.0. The standard InChI is InChI=1S/C17H20N2O4/c1-11(20)19-13-7-3-2-6-12(13)10-14(19)15(21)18-17(16(22)23)8-4-5-9-17/h2-3,6-7,14H,4-5,8-10H2,1H3,(H,18,21)(H,22,23)/t14-/m0/s1. The van der Waals surface area contributed by atoms with Gasteiger partial charge in [-0.3, -0.25) is 14.5 Å². The first kappa shape index (κ1) is 15.5. The minimum atomic E-state index is -1.19. The molecule has 0 unspecified atom stereocenters. The summed E-state index contributed by atoms with van der Waals surface area (Å²) in [5.41, 5.74) is 0.475. The van der Waals surface area contributed by atoms with Crippen molar-refractivity contribution in [1.29, 1.82) is 0 Å². The molecule has 1 aromatic rings. The number of carbonyl (C=O) groups is 3. The van der Waals surface area contributed by atoms with Crippen molar-refractivity contribution in [2.45, 2.75) is 50.6 Å². The fourth-order valence-electron chi connectivity index (χ4n) is 3.67. The molecule has 6 nitrogen and oxygen atoms in total. The molecule has 2 aliphatic rings. The second-order valence-electron chi connectivity index (χ2n) is 6.32. The van der Waals surface area contributed by atoms with Crippen LogP contribution in [0.1, 0.15) is 38.2 Å². The van der Waals surface area contributed by atoms with Gasteiger partial charge in [0.2, 0.25) is 11.8 Å². The summed E-state index contributed by atoms with van der Waals surface area (Å²) in [6.45, 7) is 1.42. The van der Waals surface area contributed by atoms with Crippen LogP contribution in [0, 0.1) is 0 Å². The van der Waals surface area contributed by atoms with Gasteiger partial charge < -0.3 is 10.4 Å². The van der Waals surface area contributed by atoms with E-state index in [-0.39, 0.29) is 11.8 Å². The van der Waals surface area contributed by atoms with Crippen LogP contribution in [0.3, 0.4) is 0 Å². The van der Waals surface area contributed by atoms with Crippen molar-refractivity contribution in [3.05, 3.63) is 29.8 Å². The lowest BCUT2D eigenvalue weighted by Gasteiger charge is -2.30. The van der Waals surface area contributed by atoms with Gasteiger partial charge in [-0.1, -0.05) is 31.0 Å². The molecule has 1 atom stereocenters. The van der Waals surface area contributed by atoms with E-state index < -0.39 is 17.6 Å². The molecule has 0 spiro atoms. The van der Waals surface area contributed by atoms with Crippen molar-refractivity contribution in [1.82, 2.24) is 5.32 Å². The number of nitrogens with one attached hydrogen (secondary N) is 1. The van der Waals surface area contributed by atoms with Crippen molar-refractivity contribution < 1.29 is 19.5 Å². The highest BCUT2D eigenvalue weighted by Gasteiger charge is 2.46. The lowest BCUT2D eigenvalue weighted by atomic mass is 9.97. The van der Waals surface area contributed by atoms with Crippen LogP contribution in [0.25, 0.3) is 0 Å². The number of fused-ring (bicyclic) bond motifs is 1. The van der Waals surface area contributed by atoms with Crippen LogP contribution in [0.2, 0.25) is 0 Å². The minimum Gasteiger partial charge on any atom is -0.480 e. The average Bonchev–Trinajstić information content (AvgIpc) is 3.11. The number of aliphatic carboxylic acids is 1. The Morgan fingerprint density at radius 2 is 1.87 bits per heavy atom. The summed E-state index contributed by atoms with van der Waals surface area (Å²) in [4.78, 5) is 37.8. The Hall–Kier alpha value is -2.37. The molecule has 3 rings (SSSR count). The van der Waals surface area contributed by atoms with Gasteiger partial charge in [-0.2, -0.15) is 0 Å². The zero-order valence-electron chi connectivity index (χ0n) is 13.0. The zero-order chi connectivity index (χ0) is 16.6. The van der Waals surface area contributed by atoms with E-state index in [0.717, 1.165) is 24.1 Å². The Labute approximate surface area is 134 Å². The maximum absolute atomic E-state index is 12.7. The van der Waals surface area contributed by atoms with E-state index in [1.165, 1.54) is 11.8 Å². The van der Waals surface area contributed by atoms with Crippen molar-refractivity contribution in [3.63, 3.8) is 0 Å². The van der Waals surface area contributed by atoms with Crippen molar-refractivity contribution in [2.75, 3.05) is 4.90 Å². The topological polar surface area (TPSA) is 86.7 Å². The van der Waals surface area contributed by atoms with Gasteiger partial charge in [0.05, 0.1) is 0 Å².